The molecule has 0 heteroatoms. The SMILES string of the molecule is C.C.C.C.C.C.C.C.C.C.C.CC(C)C(C)(C)C.CC(C)C1CCC1.CC1(C)CCCC1.CC1CCCCC1.CC1CCC[C@H]1C.CC1CC[C@@H](C)C1.CCC1(C)CCC1.CCC1CC(C)C1.CCC1CCCC1.CCC1CC[C@@H]1C.CCCC1CCC1. The zero-order valence-electron chi connectivity index (χ0n) is 58.5. The molecule has 552 valence electrons. The van der Waals surface area contributed by atoms with Gasteiger partial charge in [0.05, 0.1) is 0 Å². The van der Waals surface area contributed by atoms with Gasteiger partial charge in [0, 0.05) is 0 Å². The van der Waals surface area contributed by atoms with Gasteiger partial charge in [-0.3, -0.25) is 0 Å². The van der Waals surface area contributed by atoms with Crippen LogP contribution in [0.1, 0.15) is 478 Å². The van der Waals surface area contributed by atoms with E-state index in [-0.39, 0.29) is 81.7 Å². The van der Waals surface area contributed by atoms with Crippen LogP contribution in [0.15, 0.2) is 0 Å². The average Bonchev–Trinajstić information content (AvgIpc) is 4.17. The molecule has 0 nitrogen and oxygen atoms in total. The van der Waals surface area contributed by atoms with E-state index in [0.717, 1.165) is 88.3 Å². The Kier molecular flexibility index (Phi) is 87.8. The van der Waals surface area contributed by atoms with Crippen molar-refractivity contribution in [2.24, 2.45) is 99.1 Å². The summed E-state index contributed by atoms with van der Waals surface area (Å²) in [5.74, 6) is 14.4. The van der Waals surface area contributed by atoms with Crippen LogP contribution in [0.2, 0.25) is 0 Å². The highest BCUT2D eigenvalue weighted by Gasteiger charge is 2.29. The average molecular weight is 1260 g/mol. The Hall–Kier alpha value is 0. The van der Waals surface area contributed by atoms with Crippen LogP contribution < -0.4 is 0 Å². The molecule has 10 aliphatic rings. The van der Waals surface area contributed by atoms with Gasteiger partial charge in [-0.1, -0.05) is 427 Å². The van der Waals surface area contributed by atoms with Crippen molar-refractivity contribution in [2.45, 2.75) is 478 Å². The molecule has 10 saturated carbocycles. The molecule has 0 bridgehead atoms. The van der Waals surface area contributed by atoms with Crippen LogP contribution in [0.3, 0.4) is 0 Å². The Morgan fingerprint density at radius 1 is 0.352 bits per heavy atom. The lowest BCUT2D eigenvalue weighted by Gasteiger charge is -2.37. The first-order valence-electron chi connectivity index (χ1n) is 36.2. The van der Waals surface area contributed by atoms with Gasteiger partial charge in [-0.2, -0.15) is 0 Å². The van der Waals surface area contributed by atoms with Crippen molar-refractivity contribution in [2.75, 3.05) is 0 Å². The van der Waals surface area contributed by atoms with Gasteiger partial charge in [0.25, 0.3) is 0 Å². The summed E-state index contributed by atoms with van der Waals surface area (Å²) >= 11 is 0. The van der Waals surface area contributed by atoms with E-state index in [1.165, 1.54) is 244 Å². The van der Waals surface area contributed by atoms with E-state index in [4.69, 9.17) is 0 Å². The van der Waals surface area contributed by atoms with Crippen molar-refractivity contribution < 1.29 is 0 Å². The Bertz CT molecular complexity index is 1190. The summed E-state index contributed by atoms with van der Waals surface area (Å²) < 4.78 is 0. The lowest BCUT2D eigenvalue weighted by Crippen LogP contribution is -2.23. The molecular weight excluding hydrogens is 1060 g/mol. The van der Waals surface area contributed by atoms with Crippen LogP contribution in [-0.2, 0) is 0 Å². The fraction of sp³-hybridized carbons (Fsp3) is 1.00. The van der Waals surface area contributed by atoms with Gasteiger partial charge < -0.3 is 0 Å². The van der Waals surface area contributed by atoms with E-state index in [1.54, 1.807) is 0 Å². The Morgan fingerprint density at radius 2 is 0.750 bits per heavy atom. The van der Waals surface area contributed by atoms with Gasteiger partial charge in [0.2, 0.25) is 0 Å². The van der Waals surface area contributed by atoms with E-state index in [1.807, 2.05) is 0 Å². The molecule has 10 fully saturated rings. The zero-order chi connectivity index (χ0) is 58.5. The van der Waals surface area contributed by atoms with E-state index in [9.17, 15) is 0 Å². The van der Waals surface area contributed by atoms with Gasteiger partial charge in [0.1, 0.15) is 0 Å². The lowest BCUT2D eigenvalue weighted by atomic mass is 9.69. The highest BCUT2D eigenvalue weighted by Crippen LogP contribution is 2.43. The summed E-state index contributed by atoms with van der Waals surface area (Å²) in [5.41, 5.74) is 1.96. The maximum Gasteiger partial charge on any atom is -0.0328 e. The molecule has 10 aliphatic carbocycles. The van der Waals surface area contributed by atoms with Gasteiger partial charge in [-0.15, -0.1) is 0 Å². The molecule has 0 amide bonds. The minimum Gasteiger partial charge on any atom is -0.0776 e. The summed E-state index contributed by atoms with van der Waals surface area (Å²) in [5, 5.41) is 0. The largest absolute Gasteiger partial charge is 0.0776 e. The van der Waals surface area contributed by atoms with Crippen LogP contribution in [0, 0.1) is 99.1 Å². The molecule has 6 atom stereocenters. The second-order valence-electron chi connectivity index (χ2n) is 32.2. The summed E-state index contributed by atoms with van der Waals surface area (Å²) in [7, 11) is 0. The van der Waals surface area contributed by atoms with Crippen molar-refractivity contribution in [3.8, 4) is 0 Å². The summed E-state index contributed by atoms with van der Waals surface area (Å²) in [6.07, 6.45) is 56.1. The molecule has 0 heterocycles. The predicted molar refractivity (Wildman–Crippen MR) is 430 cm³/mol. The molecule has 88 heavy (non-hydrogen) atoms. The molecule has 3 unspecified atom stereocenters. The first kappa shape index (κ1) is 115. The third-order valence-corrected chi connectivity index (χ3v) is 22.7. The Morgan fingerprint density at radius 3 is 0.852 bits per heavy atom. The monoisotopic (exact) mass is 1260 g/mol. The topological polar surface area (TPSA) is 0 Å². The minimum atomic E-state index is 0. The van der Waals surface area contributed by atoms with Crippen molar-refractivity contribution in [3.05, 3.63) is 0 Å². The summed E-state index contributed by atoms with van der Waals surface area (Å²) in [4.78, 5) is 0. The standard InChI is InChI=1S/10C7H14.C7H16.11CH4/c1-6-3-4-7(2)5-6;1-7(2)5-3-4-6-7;1-6-4-3-5-7(6)2;1-6(2)7-4-3-5-7;1-7-5-3-2-4-6-7;1-3-7-4-6(2)5-7;1-3-7(2)5-4-6-7;1-3-7-5-4-6(7)2;1-2-7-5-3-4-6-7;1-2-4-7-5-3-6-7;1-6(2)7(3,4)5;;;;;;;;;;;/h6-7H,3-5H2,1-2H3;3-6H2,1-2H3;2*6-7H,3-5H2,1-2H3;7H,2-6H2,1H3;6-7H,3-5H2,1-2H3;3-6H2,1-2H3;6-7H,3-5H2,1-2H3;2*7H,2-6H2,1H3;6H,1-5H3;11*1H4/t6-,7?;;6-,7?;;;;;6-,7?;;;;;;;;;;;;;;/m1.1....0............../s1. The second kappa shape index (κ2) is 67.0. The number of hydrogen-bond acceptors (Lipinski definition) is 0. The normalized spacial score (nSPS) is 25.9. The molecule has 0 spiro atoms. The van der Waals surface area contributed by atoms with Crippen molar-refractivity contribution >= 4 is 0 Å². The highest BCUT2D eigenvalue weighted by molar-refractivity contribution is 4.81. The van der Waals surface area contributed by atoms with Crippen LogP contribution in [0.25, 0.3) is 0 Å². The maximum absolute atomic E-state index is 2.39. The Labute approximate surface area is 574 Å². The fourth-order valence-electron chi connectivity index (χ4n) is 13.1. The number of hydrogen-bond donors (Lipinski definition) is 0. The lowest BCUT2D eigenvalue weighted by molar-refractivity contribution is 0.155. The molecule has 10 rings (SSSR count). The third-order valence-electron chi connectivity index (χ3n) is 22.7. The van der Waals surface area contributed by atoms with E-state index < -0.39 is 0 Å². The minimum absolute atomic E-state index is 0. The summed E-state index contributed by atoms with van der Waals surface area (Å²) in [6, 6.07) is 0. The summed E-state index contributed by atoms with van der Waals surface area (Å²) in [6.45, 7) is 51.0. The maximum atomic E-state index is 2.39. The highest BCUT2D eigenvalue weighted by atomic mass is 14.3. The van der Waals surface area contributed by atoms with Crippen LogP contribution in [0.4, 0.5) is 0 Å². The van der Waals surface area contributed by atoms with Crippen molar-refractivity contribution in [3.63, 3.8) is 0 Å². The van der Waals surface area contributed by atoms with E-state index in [2.05, 4.69) is 152 Å². The molecule has 0 aromatic carbocycles. The molecular formula is C88H200. The molecule has 0 N–H and O–H groups in total. The third kappa shape index (κ3) is 59.7. The van der Waals surface area contributed by atoms with Gasteiger partial charge >= 0.3 is 0 Å². The molecule has 0 aromatic heterocycles. The predicted octanol–water partition coefficient (Wildman–Crippen LogP) is 34.8. The van der Waals surface area contributed by atoms with Gasteiger partial charge in [0.15, 0.2) is 0 Å². The van der Waals surface area contributed by atoms with Crippen LogP contribution in [0.5, 0.6) is 0 Å². The van der Waals surface area contributed by atoms with Crippen LogP contribution >= 0.6 is 0 Å². The second-order valence-corrected chi connectivity index (χ2v) is 32.2. The van der Waals surface area contributed by atoms with Crippen molar-refractivity contribution in [1.29, 1.82) is 0 Å². The number of rotatable bonds is 7. The molecule has 0 saturated heterocycles. The smallest absolute Gasteiger partial charge is 0.0328 e. The Balaban J connectivity index is -0.0000000713. The quantitative estimate of drug-likeness (QED) is 0.238. The fourth-order valence-corrected chi connectivity index (χ4v) is 13.1. The first-order chi connectivity index (χ1) is 36.2. The van der Waals surface area contributed by atoms with E-state index in [0.29, 0.717) is 10.8 Å². The first-order valence-corrected chi connectivity index (χ1v) is 36.2. The molecule has 0 aromatic rings. The zero-order valence-corrected chi connectivity index (χ0v) is 58.5. The van der Waals surface area contributed by atoms with Crippen molar-refractivity contribution in [1.82, 2.24) is 0 Å². The van der Waals surface area contributed by atoms with Gasteiger partial charge in [-0.05, 0) is 150 Å². The van der Waals surface area contributed by atoms with E-state index >= 15 is 0 Å². The van der Waals surface area contributed by atoms with Gasteiger partial charge in [-0.25, -0.2) is 0 Å². The van der Waals surface area contributed by atoms with Crippen LogP contribution in [-0.4, -0.2) is 0 Å². The molecule has 0 radical (unpaired) electrons. The molecule has 0 aliphatic heterocycles.